The SMILES string of the molecule is C[C@@H](O)[C@H](NC(=O)[C@H](CCCCN)NC(=O)[C@@H](Cc1c[nH]c2ccccc12)NC(=O)[C@H](Cc1cccnc1)NC(=O)[C@@H](CS)N(C)C(=O)[C@@H](N)Cc1ccc(Cl)cc1)C(=O)N[C@@H](CS)C(=O)N[C@H](C(=O)O)C(c1ccccc1)c1ccccc1. The van der Waals surface area contributed by atoms with Crippen molar-refractivity contribution in [2.45, 2.75) is 106 Å². The van der Waals surface area contributed by atoms with Gasteiger partial charge in [-0.3, -0.25) is 38.5 Å². The molecule has 6 aromatic rings. The summed E-state index contributed by atoms with van der Waals surface area (Å²) >= 11 is 14.7. The maximum absolute atomic E-state index is 14.9. The molecule has 0 aliphatic heterocycles. The molecule has 0 bridgehead atoms. The molecule has 4 aromatic carbocycles. The van der Waals surface area contributed by atoms with Gasteiger partial charge in [0.15, 0.2) is 0 Å². The molecule has 13 N–H and O–H groups in total. The molecule has 0 saturated heterocycles. The second kappa shape index (κ2) is 32.3. The highest BCUT2D eigenvalue weighted by Gasteiger charge is 2.38. The predicted molar refractivity (Wildman–Crippen MR) is 326 cm³/mol. The van der Waals surface area contributed by atoms with Crippen molar-refractivity contribution in [1.82, 2.24) is 46.8 Å². The summed E-state index contributed by atoms with van der Waals surface area (Å²) in [5.74, 6) is -8.55. The summed E-state index contributed by atoms with van der Waals surface area (Å²) in [7, 11) is 1.41. The van der Waals surface area contributed by atoms with Gasteiger partial charge in [-0.2, -0.15) is 25.3 Å². The topological polar surface area (TPSA) is 333 Å². The van der Waals surface area contributed by atoms with Gasteiger partial charge in [-0.05, 0) is 91.2 Å². The molecule has 446 valence electrons. The van der Waals surface area contributed by atoms with Crippen LogP contribution in [0.25, 0.3) is 10.9 Å². The van der Waals surface area contributed by atoms with E-state index in [0.29, 0.717) is 40.1 Å². The first kappa shape index (κ1) is 65.4. The number of nitrogens with one attached hydrogen (secondary N) is 7. The lowest BCUT2D eigenvalue weighted by Crippen LogP contribution is -2.62. The third-order valence-corrected chi connectivity index (χ3v) is 15.1. The van der Waals surface area contributed by atoms with E-state index >= 15 is 0 Å². The molecule has 0 radical (unpaired) electrons. The summed E-state index contributed by atoms with van der Waals surface area (Å²) in [4.78, 5) is 122. The van der Waals surface area contributed by atoms with Gasteiger partial charge in [-0.25, -0.2) is 4.79 Å². The van der Waals surface area contributed by atoms with Crippen molar-refractivity contribution in [2.24, 2.45) is 11.5 Å². The number of H-pyrrole nitrogens is 1. The Hall–Kier alpha value is -7.80. The molecule has 7 amide bonds. The van der Waals surface area contributed by atoms with Crippen molar-refractivity contribution in [3.05, 3.63) is 173 Å². The Bertz CT molecular complexity index is 3130. The normalized spacial score (nSPS) is 14.5. The molecule has 6 rings (SSSR count). The van der Waals surface area contributed by atoms with E-state index in [2.05, 4.69) is 67.1 Å². The number of nitrogens with two attached hydrogens (primary N) is 2. The molecule has 84 heavy (non-hydrogen) atoms. The number of aliphatic carboxylic acids is 1. The van der Waals surface area contributed by atoms with Crippen molar-refractivity contribution in [3.63, 3.8) is 0 Å². The number of aromatic nitrogens is 2. The van der Waals surface area contributed by atoms with Crippen LogP contribution in [0.4, 0.5) is 0 Å². The zero-order valence-corrected chi connectivity index (χ0v) is 48.9. The zero-order chi connectivity index (χ0) is 60.9. The van der Waals surface area contributed by atoms with Gasteiger partial charge < -0.3 is 63.5 Å². The number of aliphatic hydroxyl groups excluding tert-OH is 1. The molecule has 21 nitrogen and oxygen atoms in total. The fourth-order valence-corrected chi connectivity index (χ4v) is 10.4. The summed E-state index contributed by atoms with van der Waals surface area (Å²) < 4.78 is 0. The Morgan fingerprint density at radius 3 is 1.77 bits per heavy atom. The first-order chi connectivity index (χ1) is 40.3. The smallest absolute Gasteiger partial charge is 0.327 e. The third-order valence-electron chi connectivity index (χ3n) is 14.2. The number of pyridine rings is 1. The molecule has 0 saturated carbocycles. The highest BCUT2D eigenvalue weighted by atomic mass is 35.5. The van der Waals surface area contributed by atoms with Crippen LogP contribution in [0.3, 0.4) is 0 Å². The van der Waals surface area contributed by atoms with E-state index in [1.54, 1.807) is 109 Å². The van der Waals surface area contributed by atoms with Gasteiger partial charge in [-0.1, -0.05) is 109 Å². The molecular weight excluding hydrogens is 1130 g/mol. The second-order valence-corrected chi connectivity index (χ2v) is 21.4. The highest BCUT2D eigenvalue weighted by Crippen LogP contribution is 2.29. The number of rotatable bonds is 31. The van der Waals surface area contributed by atoms with Crippen LogP contribution in [0, 0.1) is 0 Å². The minimum Gasteiger partial charge on any atom is -0.480 e. The number of hydrogen-bond donors (Lipinski definition) is 13. The van der Waals surface area contributed by atoms with Crippen LogP contribution in [-0.2, 0) is 57.6 Å². The van der Waals surface area contributed by atoms with E-state index in [0.717, 1.165) is 21.4 Å². The van der Waals surface area contributed by atoms with Gasteiger partial charge in [0.25, 0.3) is 0 Å². The average Bonchev–Trinajstić information content (AvgIpc) is 3.77. The van der Waals surface area contributed by atoms with Crippen molar-refractivity contribution in [3.8, 4) is 0 Å². The number of hydrogen-bond acceptors (Lipinski definition) is 14. The van der Waals surface area contributed by atoms with Crippen molar-refractivity contribution in [1.29, 1.82) is 0 Å². The molecule has 0 spiro atoms. The number of aliphatic hydroxyl groups is 1. The van der Waals surface area contributed by atoms with Crippen LogP contribution in [0.15, 0.2) is 140 Å². The Morgan fingerprint density at radius 2 is 1.19 bits per heavy atom. The van der Waals surface area contributed by atoms with E-state index < -0.39 is 108 Å². The van der Waals surface area contributed by atoms with Crippen molar-refractivity contribution in [2.75, 3.05) is 25.1 Å². The monoisotopic (exact) mass is 1210 g/mol. The fraction of sp³-hybridized carbons (Fsp3) is 0.350. The zero-order valence-electron chi connectivity index (χ0n) is 46.4. The number of benzene rings is 4. The van der Waals surface area contributed by atoms with Gasteiger partial charge in [0.2, 0.25) is 41.4 Å². The molecule has 2 heterocycles. The number of fused-ring (bicyclic) bond motifs is 1. The quantitative estimate of drug-likeness (QED) is 0.0220. The standard InChI is InChI=1S/C60H72ClN11O10S2/c1-35(73)51(58(79)69-48(33-83)56(77)71-52(60(81)82)50(38-15-5-3-6-16-38)39-17-7-4-8-18-39)70-53(74)45(21-11-12-26-62)66-55(76)47(30-40-32-65-44-20-10-9-19-42(40)44)67-54(75)46(29-37-14-13-27-64-31-37)68-57(78)49(34-84)72(2)59(80)43(63)28-36-22-24-41(61)25-23-36/h3-10,13-20,22-25,27,31-32,35,43,45-52,65,73,83-84H,11-12,21,26,28-30,33-34,62-63H2,1-2H3,(H,66,76)(H,67,75)(H,68,78)(H,69,79)(H,70,74)(H,71,77)(H,81,82)/t35-,43+,45+,46+,47-,48+,49-,51+,52+/m1/s1. The number of halogens is 1. The molecule has 0 unspecified atom stereocenters. The number of carboxylic acids is 1. The Morgan fingerprint density at radius 1 is 0.631 bits per heavy atom. The lowest BCUT2D eigenvalue weighted by atomic mass is 9.85. The van der Waals surface area contributed by atoms with Crippen LogP contribution in [-0.4, -0.2) is 152 Å². The third kappa shape index (κ3) is 18.3. The summed E-state index contributed by atoms with van der Waals surface area (Å²) in [6.07, 6.45) is 3.70. The number of likely N-dealkylation sites (N-methyl/N-ethyl adjacent to an activating group) is 1. The minimum atomic E-state index is -1.73. The molecule has 9 atom stereocenters. The maximum Gasteiger partial charge on any atom is 0.327 e. The number of carboxylic acid groups (broad SMARTS) is 1. The molecule has 24 heteroatoms. The van der Waals surface area contributed by atoms with Crippen LogP contribution < -0.4 is 43.4 Å². The lowest BCUT2D eigenvalue weighted by molar-refractivity contribution is -0.142. The minimum absolute atomic E-state index is 0.0285. The lowest BCUT2D eigenvalue weighted by Gasteiger charge is -2.30. The van der Waals surface area contributed by atoms with Crippen molar-refractivity contribution >= 4 is 95.1 Å². The van der Waals surface area contributed by atoms with E-state index in [1.165, 1.54) is 26.4 Å². The van der Waals surface area contributed by atoms with E-state index in [1.807, 2.05) is 18.2 Å². The second-order valence-electron chi connectivity index (χ2n) is 20.3. The van der Waals surface area contributed by atoms with Crippen LogP contribution in [0.5, 0.6) is 0 Å². The maximum atomic E-state index is 14.9. The highest BCUT2D eigenvalue weighted by molar-refractivity contribution is 7.80. The first-order valence-corrected chi connectivity index (χ1v) is 28.9. The van der Waals surface area contributed by atoms with Crippen LogP contribution >= 0.6 is 36.9 Å². The summed E-state index contributed by atoms with van der Waals surface area (Å²) in [6, 6.07) is 23.7. The van der Waals surface area contributed by atoms with Crippen LogP contribution in [0.1, 0.15) is 59.9 Å². The molecule has 2 aromatic heterocycles. The summed E-state index contributed by atoms with van der Waals surface area (Å²) in [5, 5.41) is 38.7. The number of thiol groups is 2. The first-order valence-electron chi connectivity index (χ1n) is 27.3. The Balaban J connectivity index is 1.23. The van der Waals surface area contributed by atoms with Gasteiger partial charge in [0.1, 0.15) is 42.3 Å². The number of carbonyl (C=O) groups excluding carboxylic acids is 7. The van der Waals surface area contributed by atoms with Crippen molar-refractivity contribution < 1.29 is 48.6 Å². The van der Waals surface area contributed by atoms with Gasteiger partial charge in [0.05, 0.1) is 12.1 Å². The number of aromatic amines is 1. The van der Waals surface area contributed by atoms with E-state index in [9.17, 15) is 48.6 Å². The van der Waals surface area contributed by atoms with Gasteiger partial charge in [0, 0.05) is 71.8 Å². The number of amides is 7. The largest absolute Gasteiger partial charge is 0.480 e. The number of unbranched alkanes of at least 4 members (excludes halogenated alkanes) is 1. The summed E-state index contributed by atoms with van der Waals surface area (Å²) in [6.45, 7) is 1.46. The molecule has 0 aliphatic carbocycles. The number of para-hydroxylation sites is 1. The fourth-order valence-electron chi connectivity index (χ4n) is 9.58. The predicted octanol–water partition coefficient (Wildman–Crippen LogP) is 2.59. The number of nitrogens with zero attached hydrogens (tertiary/aromatic N) is 2. The summed E-state index contributed by atoms with van der Waals surface area (Å²) in [5.41, 5.74) is 16.0. The molecular formula is C60H72ClN11O10S2. The number of carbonyl (C=O) groups is 8. The van der Waals surface area contributed by atoms with Gasteiger partial charge in [-0.15, -0.1) is 0 Å². The van der Waals surface area contributed by atoms with Gasteiger partial charge >= 0.3 is 5.97 Å². The van der Waals surface area contributed by atoms with E-state index in [-0.39, 0.29) is 43.7 Å². The Kier molecular flexibility index (Phi) is 25.1. The van der Waals surface area contributed by atoms with E-state index in [4.69, 9.17) is 23.1 Å². The van der Waals surface area contributed by atoms with Crippen LogP contribution in [0.2, 0.25) is 5.02 Å². The Labute approximate surface area is 503 Å². The molecule has 0 aliphatic rings. The molecule has 0 fully saturated rings. The average molecular weight is 1210 g/mol.